The van der Waals surface area contributed by atoms with Crippen molar-refractivity contribution in [2.75, 3.05) is 19.0 Å². The summed E-state index contributed by atoms with van der Waals surface area (Å²) in [6, 6.07) is 7.60. The molecule has 1 N–H and O–H groups in total. The monoisotopic (exact) mass is 276 g/mol. The van der Waals surface area contributed by atoms with Crippen LogP contribution in [0.25, 0.3) is 0 Å². The molecule has 1 aliphatic rings. The second kappa shape index (κ2) is 5.48. The fourth-order valence-electron chi connectivity index (χ4n) is 2.04. The van der Waals surface area contributed by atoms with Crippen LogP contribution in [0.3, 0.4) is 0 Å². The number of nitrogens with one attached hydrogen (secondary N) is 1. The number of thiazole rings is 1. The summed E-state index contributed by atoms with van der Waals surface area (Å²) >= 11 is 1.74. The molecule has 1 aromatic heterocycles. The second-order valence-electron chi connectivity index (χ2n) is 4.37. The van der Waals surface area contributed by atoms with Crippen molar-refractivity contribution >= 4 is 17.2 Å². The Kier molecular flexibility index (Phi) is 3.55. The Balaban J connectivity index is 1.63. The van der Waals surface area contributed by atoms with Gasteiger partial charge in [0.15, 0.2) is 0 Å². The van der Waals surface area contributed by atoms with E-state index in [1.807, 2.05) is 24.3 Å². The Morgan fingerprint density at radius 1 is 1.26 bits per heavy atom. The van der Waals surface area contributed by atoms with E-state index in [4.69, 9.17) is 9.47 Å². The molecule has 0 radical (unpaired) electrons. The fourth-order valence-corrected chi connectivity index (χ4v) is 3.04. The standard InChI is InChI=1S/C14H16N2O2S/c1-17-10-4-6-11(7-5-10)18-9-13-16-14-12(19-13)3-2-8-15-14/h4-7,15H,2-3,8-9H2,1H3. The average molecular weight is 276 g/mol. The van der Waals surface area contributed by atoms with Gasteiger partial charge >= 0.3 is 0 Å². The smallest absolute Gasteiger partial charge is 0.140 e. The van der Waals surface area contributed by atoms with Gasteiger partial charge in [-0.2, -0.15) is 0 Å². The largest absolute Gasteiger partial charge is 0.497 e. The van der Waals surface area contributed by atoms with Crippen molar-refractivity contribution in [1.29, 1.82) is 0 Å². The summed E-state index contributed by atoms with van der Waals surface area (Å²) in [6.07, 6.45) is 2.32. The zero-order chi connectivity index (χ0) is 13.1. The quantitative estimate of drug-likeness (QED) is 0.932. The summed E-state index contributed by atoms with van der Waals surface area (Å²) in [6.45, 7) is 1.54. The maximum atomic E-state index is 5.73. The van der Waals surface area contributed by atoms with Gasteiger partial charge in [-0.05, 0) is 37.1 Å². The zero-order valence-corrected chi connectivity index (χ0v) is 11.6. The van der Waals surface area contributed by atoms with E-state index in [1.165, 1.54) is 11.3 Å². The molecule has 1 aliphatic heterocycles. The lowest BCUT2D eigenvalue weighted by molar-refractivity contribution is 0.305. The summed E-state index contributed by atoms with van der Waals surface area (Å²) in [4.78, 5) is 5.90. The minimum atomic E-state index is 0.520. The minimum absolute atomic E-state index is 0.520. The van der Waals surface area contributed by atoms with Gasteiger partial charge in [0.2, 0.25) is 0 Å². The van der Waals surface area contributed by atoms with E-state index < -0.39 is 0 Å². The van der Waals surface area contributed by atoms with Gasteiger partial charge in [0, 0.05) is 11.4 Å². The first kappa shape index (κ1) is 12.3. The van der Waals surface area contributed by atoms with E-state index in [-0.39, 0.29) is 0 Å². The molecule has 0 aliphatic carbocycles. The van der Waals surface area contributed by atoms with Crippen LogP contribution in [0.2, 0.25) is 0 Å². The third-order valence-electron chi connectivity index (χ3n) is 3.04. The molecule has 2 aromatic rings. The van der Waals surface area contributed by atoms with Gasteiger partial charge in [-0.25, -0.2) is 4.98 Å². The predicted octanol–water partition coefficient (Wildman–Crippen LogP) is 3.09. The van der Waals surface area contributed by atoms with Crippen molar-refractivity contribution in [3.05, 3.63) is 34.2 Å². The van der Waals surface area contributed by atoms with Gasteiger partial charge in [0.05, 0.1) is 7.11 Å². The van der Waals surface area contributed by atoms with Gasteiger partial charge in [-0.15, -0.1) is 11.3 Å². The normalized spacial score (nSPS) is 13.5. The van der Waals surface area contributed by atoms with E-state index in [2.05, 4.69) is 10.3 Å². The number of fused-ring (bicyclic) bond motifs is 1. The summed E-state index contributed by atoms with van der Waals surface area (Å²) in [5.74, 6) is 2.72. The van der Waals surface area contributed by atoms with Crippen LogP contribution < -0.4 is 14.8 Å². The fraction of sp³-hybridized carbons (Fsp3) is 0.357. The number of nitrogens with zero attached hydrogens (tertiary/aromatic N) is 1. The number of ether oxygens (including phenoxy) is 2. The molecule has 5 heteroatoms. The first-order chi connectivity index (χ1) is 9.35. The Morgan fingerprint density at radius 2 is 2.05 bits per heavy atom. The molecular weight excluding hydrogens is 260 g/mol. The molecule has 0 spiro atoms. The van der Waals surface area contributed by atoms with Crippen molar-refractivity contribution in [2.24, 2.45) is 0 Å². The number of hydrogen-bond donors (Lipinski definition) is 1. The Labute approximate surface area is 116 Å². The molecule has 2 heterocycles. The van der Waals surface area contributed by atoms with Crippen molar-refractivity contribution in [1.82, 2.24) is 4.98 Å². The highest BCUT2D eigenvalue weighted by Gasteiger charge is 2.14. The maximum absolute atomic E-state index is 5.73. The van der Waals surface area contributed by atoms with E-state index in [1.54, 1.807) is 18.4 Å². The Hall–Kier alpha value is -1.75. The topological polar surface area (TPSA) is 43.4 Å². The SMILES string of the molecule is COc1ccc(OCc2nc3c(s2)CCCN3)cc1. The lowest BCUT2D eigenvalue weighted by Crippen LogP contribution is -2.09. The lowest BCUT2D eigenvalue weighted by atomic mass is 10.2. The summed E-state index contributed by atoms with van der Waals surface area (Å²) < 4.78 is 10.8. The third kappa shape index (κ3) is 2.81. The maximum Gasteiger partial charge on any atom is 0.140 e. The van der Waals surface area contributed by atoms with E-state index in [9.17, 15) is 0 Å². The van der Waals surface area contributed by atoms with E-state index in [0.29, 0.717) is 6.61 Å². The molecule has 0 atom stereocenters. The molecular formula is C14H16N2O2S. The van der Waals surface area contributed by atoms with Crippen molar-refractivity contribution in [3.8, 4) is 11.5 Å². The van der Waals surface area contributed by atoms with Crippen LogP contribution in [0, 0.1) is 0 Å². The van der Waals surface area contributed by atoms with Gasteiger partial charge < -0.3 is 14.8 Å². The number of benzene rings is 1. The second-order valence-corrected chi connectivity index (χ2v) is 5.54. The first-order valence-electron chi connectivity index (χ1n) is 6.34. The van der Waals surface area contributed by atoms with Crippen LogP contribution in [-0.4, -0.2) is 18.6 Å². The van der Waals surface area contributed by atoms with Crippen LogP contribution in [0.4, 0.5) is 5.82 Å². The number of aryl methyl sites for hydroxylation is 1. The molecule has 19 heavy (non-hydrogen) atoms. The van der Waals surface area contributed by atoms with E-state index in [0.717, 1.165) is 35.3 Å². The van der Waals surface area contributed by atoms with Gasteiger partial charge in [-0.3, -0.25) is 0 Å². The number of anilines is 1. The summed E-state index contributed by atoms with van der Waals surface area (Å²) in [7, 11) is 1.66. The molecule has 1 aromatic carbocycles. The van der Waals surface area contributed by atoms with Gasteiger partial charge in [-0.1, -0.05) is 0 Å². The minimum Gasteiger partial charge on any atom is -0.497 e. The lowest BCUT2D eigenvalue weighted by Gasteiger charge is -2.10. The highest BCUT2D eigenvalue weighted by Crippen LogP contribution is 2.28. The number of methoxy groups -OCH3 is 1. The number of rotatable bonds is 4. The Morgan fingerprint density at radius 3 is 2.79 bits per heavy atom. The average Bonchev–Trinajstić information content (AvgIpc) is 2.88. The Bertz CT molecular complexity index is 528. The van der Waals surface area contributed by atoms with Crippen LogP contribution in [-0.2, 0) is 13.0 Å². The highest BCUT2D eigenvalue weighted by atomic mass is 32.1. The number of hydrogen-bond acceptors (Lipinski definition) is 5. The summed E-state index contributed by atoms with van der Waals surface area (Å²) in [5, 5.41) is 4.35. The van der Waals surface area contributed by atoms with Gasteiger partial charge in [0.25, 0.3) is 0 Å². The van der Waals surface area contributed by atoms with Gasteiger partial charge in [0.1, 0.15) is 28.9 Å². The molecule has 0 unspecified atom stereocenters. The molecule has 3 rings (SSSR count). The molecule has 0 fully saturated rings. The molecule has 0 saturated carbocycles. The summed E-state index contributed by atoms with van der Waals surface area (Å²) in [5.41, 5.74) is 0. The predicted molar refractivity (Wildman–Crippen MR) is 76.3 cm³/mol. The molecule has 0 bridgehead atoms. The molecule has 4 nitrogen and oxygen atoms in total. The molecule has 100 valence electrons. The third-order valence-corrected chi connectivity index (χ3v) is 4.13. The molecule has 0 amide bonds. The van der Waals surface area contributed by atoms with Crippen molar-refractivity contribution in [2.45, 2.75) is 19.4 Å². The first-order valence-corrected chi connectivity index (χ1v) is 7.16. The van der Waals surface area contributed by atoms with E-state index >= 15 is 0 Å². The van der Waals surface area contributed by atoms with Crippen LogP contribution in [0.5, 0.6) is 11.5 Å². The number of aromatic nitrogens is 1. The van der Waals surface area contributed by atoms with Crippen molar-refractivity contribution in [3.63, 3.8) is 0 Å². The van der Waals surface area contributed by atoms with Crippen LogP contribution >= 0.6 is 11.3 Å². The molecule has 0 saturated heterocycles. The van der Waals surface area contributed by atoms with Crippen LogP contribution in [0.1, 0.15) is 16.3 Å². The highest BCUT2D eigenvalue weighted by molar-refractivity contribution is 7.12. The van der Waals surface area contributed by atoms with Crippen LogP contribution in [0.15, 0.2) is 24.3 Å². The zero-order valence-electron chi connectivity index (χ0n) is 10.8. The van der Waals surface area contributed by atoms with Crippen molar-refractivity contribution < 1.29 is 9.47 Å².